The van der Waals surface area contributed by atoms with Gasteiger partial charge in [-0.15, -0.1) is 0 Å². The Morgan fingerprint density at radius 2 is 1.00 bits per heavy atom. The molecule has 0 heterocycles. The normalized spacial score (nSPS) is 15.2. The van der Waals surface area contributed by atoms with Gasteiger partial charge in [-0.3, -0.25) is 0 Å². The summed E-state index contributed by atoms with van der Waals surface area (Å²) in [6.07, 6.45) is 3.67. The second-order valence-electron chi connectivity index (χ2n) is 7.98. The average Bonchev–Trinajstić information content (AvgIpc) is 2.80. The van der Waals surface area contributed by atoms with Crippen molar-refractivity contribution in [3.05, 3.63) is 71.8 Å². The van der Waals surface area contributed by atoms with Crippen molar-refractivity contribution in [1.82, 2.24) is 0 Å². The highest BCUT2D eigenvalue weighted by Gasteiger charge is 2.25. The molecule has 4 heteroatoms. The molecular weight excluding hydrogens is 400 g/mol. The van der Waals surface area contributed by atoms with Crippen molar-refractivity contribution in [3.63, 3.8) is 0 Å². The molecule has 4 atom stereocenters. The molecule has 0 saturated carbocycles. The summed E-state index contributed by atoms with van der Waals surface area (Å²) >= 11 is 0. The van der Waals surface area contributed by atoms with Crippen LogP contribution in [0.15, 0.2) is 60.7 Å². The Morgan fingerprint density at radius 1 is 0.531 bits per heavy atom. The summed E-state index contributed by atoms with van der Waals surface area (Å²) in [6, 6.07) is 21.0. The van der Waals surface area contributed by atoms with Crippen LogP contribution >= 0.6 is 0 Å². The van der Waals surface area contributed by atoms with Crippen molar-refractivity contribution in [2.75, 3.05) is 26.4 Å². The van der Waals surface area contributed by atoms with E-state index in [1.54, 1.807) is 0 Å². The van der Waals surface area contributed by atoms with Gasteiger partial charge in [-0.25, -0.2) is 0 Å². The summed E-state index contributed by atoms with van der Waals surface area (Å²) in [7, 11) is 0. The maximum atomic E-state index is 6.18. The van der Waals surface area contributed by atoms with Crippen molar-refractivity contribution in [1.29, 1.82) is 0 Å². The van der Waals surface area contributed by atoms with Gasteiger partial charge in [0.25, 0.3) is 0 Å². The molecule has 0 fully saturated rings. The summed E-state index contributed by atoms with van der Waals surface area (Å²) in [6.45, 7) is 11.0. The minimum atomic E-state index is 0.0204. The van der Waals surface area contributed by atoms with Gasteiger partial charge in [0, 0.05) is 39.3 Å². The van der Waals surface area contributed by atoms with E-state index >= 15 is 0 Å². The molecule has 32 heavy (non-hydrogen) atoms. The first kappa shape index (κ1) is 26.5. The molecule has 2 rings (SSSR count). The van der Waals surface area contributed by atoms with Gasteiger partial charge >= 0.3 is 0 Å². The quantitative estimate of drug-likeness (QED) is 0.284. The SMILES string of the molecule is CCOC(Cc1ccccc1)CC(CC(CC(OCC)c1ccccc1)OCC)OCC. The molecule has 0 aliphatic heterocycles. The Labute approximate surface area is 195 Å². The fourth-order valence-electron chi connectivity index (χ4n) is 4.25. The van der Waals surface area contributed by atoms with Gasteiger partial charge in [-0.05, 0) is 51.7 Å². The number of rotatable bonds is 17. The fraction of sp³-hybridized carbons (Fsp3) is 0.571. The molecule has 0 bridgehead atoms. The van der Waals surface area contributed by atoms with E-state index in [4.69, 9.17) is 18.9 Å². The number of benzene rings is 2. The number of hydrogen-bond acceptors (Lipinski definition) is 4. The van der Waals surface area contributed by atoms with Gasteiger partial charge < -0.3 is 18.9 Å². The monoisotopic (exact) mass is 442 g/mol. The van der Waals surface area contributed by atoms with Crippen molar-refractivity contribution in [2.45, 2.75) is 77.8 Å². The number of ether oxygens (including phenoxy) is 4. The van der Waals surface area contributed by atoms with Crippen LogP contribution in [-0.2, 0) is 25.4 Å². The summed E-state index contributed by atoms with van der Waals surface area (Å²) in [5.74, 6) is 0. The zero-order valence-corrected chi connectivity index (χ0v) is 20.4. The summed E-state index contributed by atoms with van der Waals surface area (Å²) in [4.78, 5) is 0. The molecule has 0 aliphatic carbocycles. The third kappa shape index (κ3) is 9.83. The van der Waals surface area contributed by atoms with Gasteiger partial charge in [0.15, 0.2) is 0 Å². The van der Waals surface area contributed by atoms with E-state index in [1.165, 1.54) is 11.1 Å². The van der Waals surface area contributed by atoms with Crippen LogP contribution in [0.3, 0.4) is 0 Å². The highest BCUT2D eigenvalue weighted by atomic mass is 16.5. The first-order chi connectivity index (χ1) is 15.7. The van der Waals surface area contributed by atoms with Crippen LogP contribution in [0.4, 0.5) is 0 Å². The predicted octanol–water partition coefficient (Wildman–Crippen LogP) is 6.39. The van der Waals surface area contributed by atoms with Crippen molar-refractivity contribution in [2.24, 2.45) is 0 Å². The Morgan fingerprint density at radius 3 is 1.56 bits per heavy atom. The van der Waals surface area contributed by atoms with Crippen LogP contribution in [0, 0.1) is 0 Å². The maximum Gasteiger partial charge on any atom is 0.0849 e. The van der Waals surface area contributed by atoms with Crippen molar-refractivity contribution >= 4 is 0 Å². The molecule has 0 N–H and O–H groups in total. The Kier molecular flexibility index (Phi) is 13.2. The lowest BCUT2D eigenvalue weighted by Crippen LogP contribution is -2.30. The molecule has 0 saturated heterocycles. The van der Waals surface area contributed by atoms with Crippen LogP contribution < -0.4 is 0 Å². The lowest BCUT2D eigenvalue weighted by molar-refractivity contribution is -0.0601. The molecule has 0 aliphatic rings. The van der Waals surface area contributed by atoms with Crippen LogP contribution in [0.2, 0.25) is 0 Å². The zero-order chi connectivity index (χ0) is 23.0. The maximum absolute atomic E-state index is 6.18. The van der Waals surface area contributed by atoms with Crippen molar-refractivity contribution in [3.8, 4) is 0 Å². The minimum Gasteiger partial charge on any atom is -0.378 e. The van der Waals surface area contributed by atoms with E-state index in [1.807, 2.05) is 13.0 Å². The van der Waals surface area contributed by atoms with Gasteiger partial charge in [0.2, 0.25) is 0 Å². The minimum absolute atomic E-state index is 0.0204. The van der Waals surface area contributed by atoms with E-state index < -0.39 is 0 Å². The molecule has 2 aromatic rings. The largest absolute Gasteiger partial charge is 0.378 e. The Bertz CT molecular complexity index is 691. The van der Waals surface area contributed by atoms with Crippen LogP contribution in [-0.4, -0.2) is 44.7 Å². The molecule has 0 aromatic heterocycles. The molecule has 2 aromatic carbocycles. The zero-order valence-electron chi connectivity index (χ0n) is 20.4. The third-order valence-corrected chi connectivity index (χ3v) is 5.58. The highest BCUT2D eigenvalue weighted by molar-refractivity contribution is 5.18. The summed E-state index contributed by atoms with van der Waals surface area (Å²) in [5, 5.41) is 0. The van der Waals surface area contributed by atoms with Crippen LogP contribution in [0.25, 0.3) is 0 Å². The molecule has 4 unspecified atom stereocenters. The molecular formula is C28H42O4. The molecule has 0 amide bonds. The molecule has 178 valence electrons. The van der Waals surface area contributed by atoms with E-state index in [0.29, 0.717) is 26.4 Å². The lowest BCUT2D eigenvalue weighted by atomic mass is 9.95. The first-order valence-corrected chi connectivity index (χ1v) is 12.2. The third-order valence-electron chi connectivity index (χ3n) is 5.58. The molecule has 0 radical (unpaired) electrons. The smallest absolute Gasteiger partial charge is 0.0849 e. The Hall–Kier alpha value is -1.72. The number of hydrogen-bond donors (Lipinski definition) is 0. The average molecular weight is 443 g/mol. The van der Waals surface area contributed by atoms with E-state index in [9.17, 15) is 0 Å². The van der Waals surface area contributed by atoms with Crippen molar-refractivity contribution < 1.29 is 18.9 Å². The second-order valence-corrected chi connectivity index (χ2v) is 7.98. The van der Waals surface area contributed by atoms with Gasteiger partial charge in [-0.1, -0.05) is 60.7 Å². The van der Waals surface area contributed by atoms with Gasteiger partial charge in [0.1, 0.15) is 0 Å². The van der Waals surface area contributed by atoms with Crippen LogP contribution in [0.1, 0.15) is 64.2 Å². The molecule has 4 nitrogen and oxygen atoms in total. The second kappa shape index (κ2) is 16.0. The van der Waals surface area contributed by atoms with E-state index in [-0.39, 0.29) is 24.4 Å². The van der Waals surface area contributed by atoms with E-state index in [2.05, 4.69) is 75.4 Å². The highest BCUT2D eigenvalue weighted by Crippen LogP contribution is 2.27. The van der Waals surface area contributed by atoms with Gasteiger partial charge in [-0.2, -0.15) is 0 Å². The summed E-state index contributed by atoms with van der Waals surface area (Å²) in [5.41, 5.74) is 2.49. The topological polar surface area (TPSA) is 36.9 Å². The van der Waals surface area contributed by atoms with Crippen LogP contribution in [0.5, 0.6) is 0 Å². The standard InChI is InChI=1S/C28H42O4/c1-5-29-25(19-23-15-11-9-12-16-23)20-26(30-6-2)21-27(31-7-3)22-28(32-8-4)24-17-13-10-14-18-24/h9-18,25-28H,5-8,19-22H2,1-4H3. The predicted molar refractivity (Wildman–Crippen MR) is 131 cm³/mol. The fourth-order valence-corrected chi connectivity index (χ4v) is 4.25. The van der Waals surface area contributed by atoms with Gasteiger partial charge in [0.05, 0.1) is 24.4 Å². The molecule has 0 spiro atoms. The Balaban J connectivity index is 2.07. The lowest BCUT2D eigenvalue weighted by Gasteiger charge is -2.29. The van der Waals surface area contributed by atoms with E-state index in [0.717, 1.165) is 25.7 Å². The first-order valence-electron chi connectivity index (χ1n) is 12.2. The summed E-state index contributed by atoms with van der Waals surface area (Å²) < 4.78 is 24.6.